The number of thiazole rings is 1. The van der Waals surface area contributed by atoms with Gasteiger partial charge >= 0.3 is 0 Å². The lowest BCUT2D eigenvalue weighted by molar-refractivity contribution is -0.114. The van der Waals surface area contributed by atoms with Crippen LogP contribution in [0.3, 0.4) is 0 Å². The molecule has 8 heteroatoms. The van der Waals surface area contributed by atoms with Gasteiger partial charge in [0.1, 0.15) is 0 Å². The van der Waals surface area contributed by atoms with Crippen LogP contribution in [0, 0.1) is 13.8 Å². The maximum Gasteiger partial charge on any atom is 0.262 e. The van der Waals surface area contributed by atoms with E-state index in [0.717, 1.165) is 16.3 Å². The second-order valence-corrected chi connectivity index (χ2v) is 8.81. The number of nitrogens with one attached hydrogen (secondary N) is 2. The normalized spacial score (nSPS) is 11.2. The predicted octanol–water partition coefficient (Wildman–Crippen LogP) is 4.19. The molecule has 1 heterocycles. The van der Waals surface area contributed by atoms with Crippen LogP contribution in [-0.2, 0) is 14.8 Å². The minimum absolute atomic E-state index is 0.159. The molecule has 0 aliphatic rings. The van der Waals surface area contributed by atoms with Crippen molar-refractivity contribution in [3.8, 4) is 11.3 Å². The molecule has 6 nitrogen and oxygen atoms in total. The van der Waals surface area contributed by atoms with Gasteiger partial charge in [0.2, 0.25) is 5.91 Å². The van der Waals surface area contributed by atoms with Crippen LogP contribution in [0.2, 0.25) is 0 Å². The quantitative estimate of drug-likeness (QED) is 0.671. The molecule has 2 aromatic carbocycles. The largest absolute Gasteiger partial charge is 0.326 e. The van der Waals surface area contributed by atoms with Crippen molar-refractivity contribution in [2.24, 2.45) is 0 Å². The number of nitrogens with zero attached hydrogens (tertiary/aromatic N) is 1. The van der Waals surface area contributed by atoms with Gasteiger partial charge in [0.15, 0.2) is 0 Å². The second-order valence-electron chi connectivity index (χ2n) is 6.10. The Morgan fingerprint density at radius 1 is 1.07 bits per heavy atom. The highest BCUT2D eigenvalue weighted by Crippen LogP contribution is 2.27. The van der Waals surface area contributed by atoms with Crippen LogP contribution in [0.1, 0.15) is 17.5 Å². The average molecular weight is 402 g/mol. The number of hydrogen-bond acceptors (Lipinski definition) is 5. The number of amides is 1. The Morgan fingerprint density at radius 3 is 2.48 bits per heavy atom. The highest BCUT2D eigenvalue weighted by atomic mass is 32.2. The van der Waals surface area contributed by atoms with Gasteiger partial charge in [-0.1, -0.05) is 12.1 Å². The molecule has 0 spiro atoms. The van der Waals surface area contributed by atoms with Gasteiger partial charge in [0, 0.05) is 29.2 Å². The number of aromatic nitrogens is 1. The Kier molecular flexibility index (Phi) is 5.29. The zero-order valence-electron chi connectivity index (χ0n) is 15.1. The van der Waals surface area contributed by atoms with Gasteiger partial charge in [-0.3, -0.25) is 9.52 Å². The van der Waals surface area contributed by atoms with Crippen LogP contribution < -0.4 is 10.0 Å². The third-order valence-corrected chi connectivity index (χ3v) is 6.13. The molecule has 0 saturated carbocycles. The molecule has 1 aromatic heterocycles. The SMILES string of the molecule is CC(=O)Nc1ccc(S(=O)(=O)Nc2cccc(-c3csc(C)n3)c2)c(C)c1. The second kappa shape index (κ2) is 7.50. The number of hydrogen-bond donors (Lipinski definition) is 2. The molecule has 0 unspecified atom stereocenters. The maximum absolute atomic E-state index is 12.8. The van der Waals surface area contributed by atoms with E-state index in [9.17, 15) is 13.2 Å². The number of carbonyl (C=O) groups excluding carboxylic acids is 1. The van der Waals surface area contributed by atoms with Crippen molar-refractivity contribution in [2.45, 2.75) is 25.7 Å². The monoisotopic (exact) mass is 401 g/mol. The van der Waals surface area contributed by atoms with E-state index in [1.165, 1.54) is 13.0 Å². The fourth-order valence-corrected chi connectivity index (χ4v) is 4.58. The van der Waals surface area contributed by atoms with Crippen molar-refractivity contribution in [1.29, 1.82) is 0 Å². The molecule has 3 aromatic rings. The van der Waals surface area contributed by atoms with E-state index in [0.29, 0.717) is 16.9 Å². The first-order valence-corrected chi connectivity index (χ1v) is 10.5. The predicted molar refractivity (Wildman–Crippen MR) is 109 cm³/mol. The first-order valence-electron chi connectivity index (χ1n) is 8.18. The van der Waals surface area contributed by atoms with E-state index in [-0.39, 0.29) is 10.8 Å². The summed E-state index contributed by atoms with van der Waals surface area (Å²) >= 11 is 1.54. The summed E-state index contributed by atoms with van der Waals surface area (Å²) in [5.74, 6) is -0.211. The van der Waals surface area contributed by atoms with Crippen LogP contribution in [0.15, 0.2) is 52.7 Å². The van der Waals surface area contributed by atoms with Crippen molar-refractivity contribution >= 4 is 38.6 Å². The zero-order valence-corrected chi connectivity index (χ0v) is 16.7. The Labute approximate surface area is 162 Å². The van der Waals surface area contributed by atoms with Gasteiger partial charge in [-0.15, -0.1) is 11.3 Å². The summed E-state index contributed by atoms with van der Waals surface area (Å²) in [6, 6.07) is 11.8. The van der Waals surface area contributed by atoms with Gasteiger partial charge in [0.05, 0.1) is 15.6 Å². The summed E-state index contributed by atoms with van der Waals surface area (Å²) in [6.45, 7) is 5.01. The Balaban J connectivity index is 1.88. The molecule has 2 N–H and O–H groups in total. The van der Waals surface area contributed by atoms with Crippen molar-refractivity contribution in [1.82, 2.24) is 4.98 Å². The first-order chi connectivity index (χ1) is 12.7. The van der Waals surface area contributed by atoms with Gasteiger partial charge in [0.25, 0.3) is 10.0 Å². The molecule has 0 saturated heterocycles. The van der Waals surface area contributed by atoms with Crippen molar-refractivity contribution in [3.05, 3.63) is 58.4 Å². The standard InChI is InChI=1S/C19H19N3O3S2/c1-12-9-16(20-13(2)23)7-8-19(12)27(24,25)22-17-6-4-5-15(10-17)18-11-26-14(3)21-18/h4-11,22H,1-3H3,(H,20,23). The molecule has 0 atom stereocenters. The van der Waals surface area contributed by atoms with Gasteiger partial charge in [-0.25, -0.2) is 13.4 Å². The number of carbonyl (C=O) groups is 1. The van der Waals surface area contributed by atoms with Crippen molar-refractivity contribution in [2.75, 3.05) is 10.0 Å². The van der Waals surface area contributed by atoms with E-state index in [1.54, 1.807) is 48.6 Å². The van der Waals surface area contributed by atoms with Crippen LogP contribution >= 0.6 is 11.3 Å². The lowest BCUT2D eigenvalue weighted by Gasteiger charge is -2.12. The average Bonchev–Trinajstić information content (AvgIpc) is 3.00. The molecule has 0 aliphatic heterocycles. The van der Waals surface area contributed by atoms with Crippen molar-refractivity contribution in [3.63, 3.8) is 0 Å². The van der Waals surface area contributed by atoms with Crippen LogP contribution in [0.5, 0.6) is 0 Å². The van der Waals surface area contributed by atoms with E-state index < -0.39 is 10.0 Å². The number of sulfonamides is 1. The third-order valence-electron chi connectivity index (χ3n) is 3.81. The van der Waals surface area contributed by atoms with Gasteiger partial charge in [-0.2, -0.15) is 0 Å². The highest BCUT2D eigenvalue weighted by molar-refractivity contribution is 7.92. The number of benzene rings is 2. The summed E-state index contributed by atoms with van der Waals surface area (Å²) in [6.07, 6.45) is 0. The lowest BCUT2D eigenvalue weighted by Crippen LogP contribution is -2.15. The molecule has 140 valence electrons. The summed E-state index contributed by atoms with van der Waals surface area (Å²) in [4.78, 5) is 15.7. The third kappa shape index (κ3) is 4.53. The number of aryl methyl sites for hydroxylation is 2. The van der Waals surface area contributed by atoms with E-state index >= 15 is 0 Å². The van der Waals surface area contributed by atoms with Crippen LogP contribution in [0.4, 0.5) is 11.4 Å². The Morgan fingerprint density at radius 2 is 1.85 bits per heavy atom. The fraction of sp³-hybridized carbons (Fsp3) is 0.158. The molecular weight excluding hydrogens is 382 g/mol. The van der Waals surface area contributed by atoms with Crippen LogP contribution in [-0.4, -0.2) is 19.3 Å². The maximum atomic E-state index is 12.8. The van der Waals surface area contributed by atoms with E-state index in [2.05, 4.69) is 15.0 Å². The smallest absolute Gasteiger partial charge is 0.262 e. The molecule has 0 aliphatic carbocycles. The molecule has 0 radical (unpaired) electrons. The topological polar surface area (TPSA) is 88.2 Å². The minimum atomic E-state index is -3.76. The summed E-state index contributed by atoms with van der Waals surface area (Å²) in [5, 5.41) is 5.53. The van der Waals surface area contributed by atoms with Gasteiger partial charge < -0.3 is 5.32 Å². The molecule has 0 fully saturated rings. The molecular formula is C19H19N3O3S2. The zero-order chi connectivity index (χ0) is 19.6. The van der Waals surface area contributed by atoms with Crippen LogP contribution in [0.25, 0.3) is 11.3 Å². The molecule has 3 rings (SSSR count). The highest BCUT2D eigenvalue weighted by Gasteiger charge is 2.18. The molecule has 27 heavy (non-hydrogen) atoms. The number of anilines is 2. The van der Waals surface area contributed by atoms with Gasteiger partial charge in [-0.05, 0) is 49.7 Å². The number of rotatable bonds is 5. The van der Waals surface area contributed by atoms with E-state index in [4.69, 9.17) is 0 Å². The van der Waals surface area contributed by atoms with E-state index in [1.807, 2.05) is 18.4 Å². The van der Waals surface area contributed by atoms with Crippen molar-refractivity contribution < 1.29 is 13.2 Å². The molecule has 0 bridgehead atoms. The first kappa shape index (κ1) is 19.1. The summed E-state index contributed by atoms with van der Waals surface area (Å²) in [5.41, 5.74) is 3.22. The minimum Gasteiger partial charge on any atom is -0.326 e. The Hall–Kier alpha value is -2.71. The fourth-order valence-electron chi connectivity index (χ4n) is 2.68. The summed E-state index contributed by atoms with van der Waals surface area (Å²) < 4.78 is 28.2. The summed E-state index contributed by atoms with van der Waals surface area (Å²) in [7, 11) is -3.76. The Bertz CT molecular complexity index is 1100. The lowest BCUT2D eigenvalue weighted by atomic mass is 10.1. The molecule has 1 amide bonds.